The summed E-state index contributed by atoms with van der Waals surface area (Å²) in [4.78, 5) is 31.6. The molecule has 0 fully saturated rings. The minimum Gasteiger partial charge on any atom is -0.321 e. The summed E-state index contributed by atoms with van der Waals surface area (Å²) < 4.78 is 0. The lowest BCUT2D eigenvalue weighted by atomic mass is 10.1. The molecule has 2 N–H and O–H groups in total. The Morgan fingerprint density at radius 2 is 1.78 bits per heavy atom. The molecule has 0 bridgehead atoms. The van der Waals surface area contributed by atoms with Crippen LogP contribution in [0.25, 0.3) is 22.0 Å². The molecule has 5 rings (SSSR count). The SMILES string of the molecule is CCC(Sc1cccc(NC(=O)c2cccs2)c1)C(=O)Nc1nc(-c2ccc3ccccc3c2)cs1. The average Bonchev–Trinajstić information content (AvgIpc) is 3.60. The number of thioether (sulfide) groups is 1. The highest BCUT2D eigenvalue weighted by atomic mass is 32.2. The number of amides is 2. The number of hydrogen-bond donors (Lipinski definition) is 2. The van der Waals surface area contributed by atoms with Crippen molar-refractivity contribution >= 4 is 67.8 Å². The highest BCUT2D eigenvalue weighted by molar-refractivity contribution is 8.00. The van der Waals surface area contributed by atoms with Crippen molar-refractivity contribution in [1.29, 1.82) is 0 Å². The van der Waals surface area contributed by atoms with E-state index in [9.17, 15) is 9.59 Å². The molecule has 0 aliphatic carbocycles. The summed E-state index contributed by atoms with van der Waals surface area (Å²) in [5.74, 6) is -0.224. The standard InChI is InChI=1S/C28H23N3O2S3/c1-2-24(36-22-10-5-9-21(16-22)29-27(33)25-11-6-14-34-25)26(32)31-28-30-23(17-35-28)20-13-12-18-7-3-4-8-19(18)15-20/h3-17,24H,2H2,1H3,(H,29,33)(H,30,31,32). The first-order chi connectivity index (χ1) is 17.6. The summed E-state index contributed by atoms with van der Waals surface area (Å²) in [5, 5.41) is 12.4. The maximum atomic E-state index is 13.1. The first-order valence-electron chi connectivity index (χ1n) is 11.5. The summed E-state index contributed by atoms with van der Waals surface area (Å²) in [7, 11) is 0. The molecule has 0 radical (unpaired) electrons. The van der Waals surface area contributed by atoms with Gasteiger partial charge in [0.25, 0.3) is 5.91 Å². The molecule has 0 saturated heterocycles. The van der Waals surface area contributed by atoms with Crippen LogP contribution in [0.15, 0.2) is 94.5 Å². The summed E-state index contributed by atoms with van der Waals surface area (Å²) in [6, 6.07) is 25.7. The Morgan fingerprint density at radius 3 is 2.58 bits per heavy atom. The molecular formula is C28H23N3O2S3. The van der Waals surface area contributed by atoms with Gasteiger partial charge in [-0.05, 0) is 52.9 Å². The van der Waals surface area contributed by atoms with Crippen LogP contribution in [0.3, 0.4) is 0 Å². The topological polar surface area (TPSA) is 71.1 Å². The number of carbonyl (C=O) groups excluding carboxylic acids is 2. The Balaban J connectivity index is 1.24. The van der Waals surface area contributed by atoms with Gasteiger partial charge in [0.2, 0.25) is 5.91 Å². The molecule has 0 saturated carbocycles. The van der Waals surface area contributed by atoms with Crippen LogP contribution in [0, 0.1) is 0 Å². The highest BCUT2D eigenvalue weighted by Crippen LogP contribution is 2.31. The smallest absolute Gasteiger partial charge is 0.265 e. The fraction of sp³-hybridized carbons (Fsp3) is 0.107. The molecule has 5 aromatic rings. The third-order valence-corrected chi connectivity index (χ3v) is 8.54. The van der Waals surface area contributed by atoms with E-state index >= 15 is 0 Å². The molecule has 180 valence electrons. The number of nitrogens with one attached hydrogen (secondary N) is 2. The number of fused-ring (bicyclic) bond motifs is 1. The number of thiazole rings is 1. The zero-order valence-corrected chi connectivity index (χ0v) is 21.9. The lowest BCUT2D eigenvalue weighted by molar-refractivity contribution is -0.115. The van der Waals surface area contributed by atoms with Crippen molar-refractivity contribution in [2.24, 2.45) is 0 Å². The van der Waals surface area contributed by atoms with Gasteiger partial charge in [0.15, 0.2) is 5.13 Å². The molecule has 2 amide bonds. The van der Waals surface area contributed by atoms with Crippen LogP contribution < -0.4 is 10.6 Å². The quantitative estimate of drug-likeness (QED) is 0.201. The largest absolute Gasteiger partial charge is 0.321 e. The van der Waals surface area contributed by atoms with Crippen molar-refractivity contribution in [2.45, 2.75) is 23.5 Å². The third-order valence-electron chi connectivity index (χ3n) is 5.56. The Morgan fingerprint density at radius 1 is 0.917 bits per heavy atom. The number of benzene rings is 3. The summed E-state index contributed by atoms with van der Waals surface area (Å²) in [6.45, 7) is 1.99. The van der Waals surface area contributed by atoms with Crippen LogP contribution in [0.2, 0.25) is 0 Å². The molecule has 3 aromatic carbocycles. The molecule has 2 heterocycles. The molecule has 0 spiro atoms. The van der Waals surface area contributed by atoms with Crippen LogP contribution in [0.5, 0.6) is 0 Å². The maximum Gasteiger partial charge on any atom is 0.265 e. The minimum atomic E-state index is -0.290. The number of carbonyl (C=O) groups is 2. The van der Waals surface area contributed by atoms with Crippen molar-refractivity contribution in [3.05, 3.63) is 94.5 Å². The van der Waals surface area contributed by atoms with Crippen LogP contribution in [-0.2, 0) is 4.79 Å². The second kappa shape index (κ2) is 11.1. The van der Waals surface area contributed by atoms with Gasteiger partial charge in [-0.25, -0.2) is 4.98 Å². The highest BCUT2D eigenvalue weighted by Gasteiger charge is 2.20. The summed E-state index contributed by atoms with van der Waals surface area (Å²) >= 11 is 4.30. The van der Waals surface area contributed by atoms with Crippen molar-refractivity contribution in [2.75, 3.05) is 10.6 Å². The molecule has 0 aliphatic rings. The first-order valence-corrected chi connectivity index (χ1v) is 14.1. The van der Waals surface area contributed by atoms with E-state index < -0.39 is 0 Å². The number of hydrogen-bond acceptors (Lipinski definition) is 6. The van der Waals surface area contributed by atoms with E-state index in [1.165, 1.54) is 39.8 Å². The molecule has 2 aromatic heterocycles. The lowest BCUT2D eigenvalue weighted by Crippen LogP contribution is -2.24. The summed E-state index contributed by atoms with van der Waals surface area (Å²) in [6.07, 6.45) is 0.658. The minimum absolute atomic E-state index is 0.0880. The van der Waals surface area contributed by atoms with Crippen LogP contribution in [-0.4, -0.2) is 22.0 Å². The zero-order chi connectivity index (χ0) is 24.9. The summed E-state index contributed by atoms with van der Waals surface area (Å²) in [5.41, 5.74) is 2.57. The van der Waals surface area contributed by atoms with E-state index in [0.29, 0.717) is 22.1 Å². The Bertz CT molecular complexity index is 1510. The van der Waals surface area contributed by atoms with E-state index in [4.69, 9.17) is 0 Å². The molecule has 1 unspecified atom stereocenters. The number of rotatable bonds is 8. The van der Waals surface area contributed by atoms with Crippen molar-refractivity contribution in [1.82, 2.24) is 4.98 Å². The number of thiophene rings is 1. The molecule has 0 aliphatic heterocycles. The molecule has 8 heteroatoms. The van der Waals surface area contributed by atoms with Crippen molar-refractivity contribution in [3.63, 3.8) is 0 Å². The van der Waals surface area contributed by atoms with Gasteiger partial charge in [0.1, 0.15) is 0 Å². The second-order valence-corrected chi connectivity index (χ2v) is 11.1. The monoisotopic (exact) mass is 529 g/mol. The number of aromatic nitrogens is 1. The Hall–Kier alpha value is -3.46. The lowest BCUT2D eigenvalue weighted by Gasteiger charge is -2.14. The van der Waals surface area contributed by atoms with E-state index in [1.807, 2.05) is 60.1 Å². The second-order valence-electron chi connectivity index (χ2n) is 8.06. The van der Waals surface area contributed by atoms with E-state index in [-0.39, 0.29) is 17.1 Å². The van der Waals surface area contributed by atoms with Gasteiger partial charge in [-0.2, -0.15) is 0 Å². The van der Waals surface area contributed by atoms with Crippen molar-refractivity contribution in [3.8, 4) is 11.3 Å². The zero-order valence-electron chi connectivity index (χ0n) is 19.4. The van der Waals surface area contributed by atoms with Gasteiger partial charge in [-0.15, -0.1) is 34.4 Å². The van der Waals surface area contributed by atoms with E-state index in [1.54, 1.807) is 6.07 Å². The van der Waals surface area contributed by atoms with Gasteiger partial charge in [-0.3, -0.25) is 9.59 Å². The van der Waals surface area contributed by atoms with Gasteiger partial charge in [0.05, 0.1) is 15.8 Å². The fourth-order valence-corrected chi connectivity index (χ4v) is 6.09. The van der Waals surface area contributed by atoms with Crippen LogP contribution in [0.1, 0.15) is 23.0 Å². The van der Waals surface area contributed by atoms with Crippen LogP contribution >= 0.6 is 34.4 Å². The fourth-order valence-electron chi connectivity index (χ4n) is 3.73. The number of anilines is 2. The predicted octanol–water partition coefficient (Wildman–Crippen LogP) is 7.79. The number of nitrogens with zero attached hydrogens (tertiary/aromatic N) is 1. The molecular weight excluding hydrogens is 507 g/mol. The van der Waals surface area contributed by atoms with E-state index in [2.05, 4.69) is 45.9 Å². The molecule has 5 nitrogen and oxygen atoms in total. The van der Waals surface area contributed by atoms with Crippen LogP contribution in [0.4, 0.5) is 10.8 Å². The average molecular weight is 530 g/mol. The predicted molar refractivity (Wildman–Crippen MR) is 152 cm³/mol. The Kier molecular flexibility index (Phi) is 7.46. The Labute approximate surface area is 221 Å². The molecule has 36 heavy (non-hydrogen) atoms. The van der Waals surface area contributed by atoms with Gasteiger partial charge in [0, 0.05) is 21.5 Å². The molecule has 1 atom stereocenters. The third kappa shape index (κ3) is 5.67. The maximum absolute atomic E-state index is 13.1. The van der Waals surface area contributed by atoms with Gasteiger partial charge >= 0.3 is 0 Å². The van der Waals surface area contributed by atoms with Gasteiger partial charge in [-0.1, -0.05) is 55.5 Å². The van der Waals surface area contributed by atoms with Gasteiger partial charge < -0.3 is 10.6 Å². The van der Waals surface area contributed by atoms with E-state index in [0.717, 1.165) is 21.5 Å². The first kappa shape index (κ1) is 24.2. The normalized spacial score (nSPS) is 11.8. The van der Waals surface area contributed by atoms with Crippen molar-refractivity contribution < 1.29 is 9.59 Å².